The summed E-state index contributed by atoms with van der Waals surface area (Å²) in [7, 11) is 6.22. The van der Waals surface area contributed by atoms with E-state index in [2.05, 4.69) is 31.3 Å². The van der Waals surface area contributed by atoms with Gasteiger partial charge < -0.3 is 24.4 Å². The van der Waals surface area contributed by atoms with Crippen molar-refractivity contribution in [2.75, 3.05) is 41.6 Å². The molecule has 0 unspecified atom stereocenters. The van der Waals surface area contributed by atoms with Gasteiger partial charge in [0.25, 0.3) is 0 Å². The molecule has 1 rings (SSSR count). The average Bonchev–Trinajstić information content (AvgIpc) is 2.79. The first-order valence-electron chi connectivity index (χ1n) is 11.4. The van der Waals surface area contributed by atoms with Crippen LogP contribution in [0.1, 0.15) is 45.1 Å². The van der Waals surface area contributed by atoms with Gasteiger partial charge in [0, 0.05) is 34.1 Å². The zero-order valence-electron chi connectivity index (χ0n) is 21.3. The number of ether oxygens (including phenoxy) is 3. The van der Waals surface area contributed by atoms with Gasteiger partial charge >= 0.3 is 6.09 Å². The van der Waals surface area contributed by atoms with Crippen molar-refractivity contribution in [1.82, 2.24) is 15.1 Å². The third-order valence-corrected chi connectivity index (χ3v) is 4.78. The molecule has 0 radical (unpaired) electrons. The summed E-state index contributed by atoms with van der Waals surface area (Å²) in [5, 5.41) is 2.90. The Hall–Kier alpha value is -3.07. The third kappa shape index (κ3) is 11.7. The van der Waals surface area contributed by atoms with Crippen molar-refractivity contribution in [3.8, 4) is 11.5 Å². The van der Waals surface area contributed by atoms with Crippen LogP contribution in [-0.2, 0) is 20.9 Å². The molecule has 0 aliphatic heterocycles. The van der Waals surface area contributed by atoms with Crippen LogP contribution in [0.3, 0.4) is 0 Å². The molecule has 0 atom stereocenters. The summed E-state index contributed by atoms with van der Waals surface area (Å²) < 4.78 is 15.9. The second-order valence-corrected chi connectivity index (χ2v) is 8.51. The minimum absolute atomic E-state index is 0.00307. The van der Waals surface area contributed by atoms with E-state index >= 15 is 0 Å². The molecule has 1 aromatic carbocycles. The van der Waals surface area contributed by atoms with E-state index in [0.717, 1.165) is 24.8 Å². The number of carbonyl (C=O) groups excluding carboxylic acids is 3. The Balaban J connectivity index is 2.47. The van der Waals surface area contributed by atoms with Crippen molar-refractivity contribution in [1.29, 1.82) is 0 Å². The lowest BCUT2D eigenvalue weighted by atomic mass is 10.1. The summed E-state index contributed by atoms with van der Waals surface area (Å²) in [6.07, 6.45) is 6.98. The third-order valence-electron chi connectivity index (χ3n) is 4.78. The van der Waals surface area contributed by atoms with Crippen LogP contribution in [0.5, 0.6) is 11.5 Å². The molecule has 1 aromatic rings. The maximum atomic E-state index is 12.3. The molecule has 34 heavy (non-hydrogen) atoms. The van der Waals surface area contributed by atoms with Crippen LogP contribution in [0.2, 0.25) is 0 Å². The van der Waals surface area contributed by atoms with E-state index in [9.17, 15) is 14.4 Å². The lowest BCUT2D eigenvalue weighted by molar-refractivity contribution is -0.134. The smallest absolute Gasteiger partial charge is 0.416 e. The molecule has 0 saturated heterocycles. The Morgan fingerprint density at radius 1 is 1.09 bits per heavy atom. The van der Waals surface area contributed by atoms with Crippen LogP contribution in [-0.4, -0.2) is 69.3 Å². The number of rotatable bonds is 14. The highest BCUT2D eigenvalue weighted by atomic mass is 16.6. The zero-order valence-corrected chi connectivity index (χ0v) is 21.3. The first-order valence-corrected chi connectivity index (χ1v) is 11.4. The van der Waals surface area contributed by atoms with Crippen molar-refractivity contribution >= 4 is 17.9 Å². The number of nitrogens with zero attached hydrogens (tertiary/aromatic N) is 2. The van der Waals surface area contributed by atoms with Crippen LogP contribution >= 0.6 is 0 Å². The van der Waals surface area contributed by atoms with E-state index in [4.69, 9.17) is 14.2 Å². The standard InChI is InChI=1S/C25H39N3O6/c1-19(2)11-9-7-8-10-12-23(29)26-16-20-13-14-21(22(15-20)32-6)34-25(31)28(5)18-33-17-24(30)27(3)4/h9,11,13-15,19H,7-8,10,12,16-18H2,1-6H3,(H,26,29)/b11-9+. The Labute approximate surface area is 203 Å². The normalized spacial score (nSPS) is 10.9. The van der Waals surface area contributed by atoms with Crippen LogP contribution in [0.15, 0.2) is 30.4 Å². The lowest BCUT2D eigenvalue weighted by Gasteiger charge is -2.18. The molecule has 0 aliphatic carbocycles. The van der Waals surface area contributed by atoms with Crippen LogP contribution in [0.4, 0.5) is 4.79 Å². The molecule has 0 heterocycles. The fourth-order valence-corrected chi connectivity index (χ4v) is 2.74. The van der Waals surface area contributed by atoms with Crippen molar-refractivity contribution < 1.29 is 28.6 Å². The molecule has 190 valence electrons. The highest BCUT2D eigenvalue weighted by Gasteiger charge is 2.16. The first kappa shape index (κ1) is 29.0. The summed E-state index contributed by atoms with van der Waals surface area (Å²) >= 11 is 0. The summed E-state index contributed by atoms with van der Waals surface area (Å²) in [5.41, 5.74) is 0.823. The highest BCUT2D eigenvalue weighted by Crippen LogP contribution is 2.28. The Bertz CT molecular complexity index is 823. The van der Waals surface area contributed by atoms with Gasteiger partial charge in [-0.2, -0.15) is 0 Å². The molecule has 9 heteroatoms. The minimum Gasteiger partial charge on any atom is -0.493 e. The van der Waals surface area contributed by atoms with Gasteiger partial charge in [-0.15, -0.1) is 0 Å². The van der Waals surface area contributed by atoms with Crippen molar-refractivity contribution in [3.63, 3.8) is 0 Å². The van der Waals surface area contributed by atoms with E-state index in [1.54, 1.807) is 32.3 Å². The molecular formula is C25H39N3O6. The fraction of sp³-hybridized carbons (Fsp3) is 0.560. The summed E-state index contributed by atoms with van der Waals surface area (Å²) in [6, 6.07) is 5.09. The van der Waals surface area contributed by atoms with Crippen molar-refractivity contribution in [2.24, 2.45) is 5.92 Å². The van der Waals surface area contributed by atoms with Crippen LogP contribution in [0, 0.1) is 5.92 Å². The van der Waals surface area contributed by atoms with Crippen molar-refractivity contribution in [3.05, 3.63) is 35.9 Å². The van der Waals surface area contributed by atoms with E-state index in [1.165, 1.54) is 24.0 Å². The zero-order chi connectivity index (χ0) is 25.5. The van der Waals surface area contributed by atoms with Gasteiger partial charge in [0.1, 0.15) is 13.3 Å². The van der Waals surface area contributed by atoms with Gasteiger partial charge in [0.2, 0.25) is 11.8 Å². The molecule has 0 aromatic heterocycles. The Morgan fingerprint density at radius 3 is 2.47 bits per heavy atom. The molecule has 0 fully saturated rings. The van der Waals surface area contributed by atoms with Crippen molar-refractivity contribution in [2.45, 2.75) is 46.1 Å². The molecule has 9 nitrogen and oxygen atoms in total. The van der Waals surface area contributed by atoms with E-state index < -0.39 is 6.09 Å². The number of hydrogen-bond acceptors (Lipinski definition) is 6. The molecule has 0 spiro atoms. The molecule has 0 aliphatic rings. The van der Waals surface area contributed by atoms with Gasteiger partial charge in [-0.25, -0.2) is 4.79 Å². The van der Waals surface area contributed by atoms with Gasteiger partial charge in [0.05, 0.1) is 7.11 Å². The molecular weight excluding hydrogens is 438 g/mol. The van der Waals surface area contributed by atoms with Crippen LogP contribution < -0.4 is 14.8 Å². The number of unbranched alkanes of at least 4 members (excludes halogenated alkanes) is 2. The molecule has 0 bridgehead atoms. The monoisotopic (exact) mass is 477 g/mol. The summed E-state index contributed by atoms with van der Waals surface area (Å²) in [6.45, 7) is 4.40. The number of hydrogen-bond donors (Lipinski definition) is 1. The second-order valence-electron chi connectivity index (χ2n) is 8.51. The number of methoxy groups -OCH3 is 1. The predicted octanol–water partition coefficient (Wildman–Crippen LogP) is 3.58. The van der Waals surface area contributed by atoms with Gasteiger partial charge in [-0.1, -0.05) is 32.1 Å². The van der Waals surface area contributed by atoms with E-state index in [-0.39, 0.29) is 30.9 Å². The SMILES string of the molecule is COc1cc(CNC(=O)CCCC/C=C/C(C)C)ccc1OC(=O)N(C)COCC(=O)N(C)C. The Kier molecular flexibility index (Phi) is 13.4. The van der Waals surface area contributed by atoms with Gasteiger partial charge in [0.15, 0.2) is 11.5 Å². The topological polar surface area (TPSA) is 97.4 Å². The summed E-state index contributed by atoms with van der Waals surface area (Å²) in [5.74, 6) is 0.958. The maximum Gasteiger partial charge on any atom is 0.416 e. The number of nitrogens with one attached hydrogen (secondary N) is 1. The molecule has 1 N–H and O–H groups in total. The van der Waals surface area contributed by atoms with Gasteiger partial charge in [-0.3, -0.25) is 14.5 Å². The first-order chi connectivity index (χ1) is 16.1. The van der Waals surface area contributed by atoms with E-state index in [0.29, 0.717) is 24.6 Å². The lowest BCUT2D eigenvalue weighted by Crippen LogP contribution is -2.34. The number of allylic oxidation sites excluding steroid dienone is 2. The fourth-order valence-electron chi connectivity index (χ4n) is 2.74. The largest absolute Gasteiger partial charge is 0.493 e. The average molecular weight is 478 g/mol. The number of carbonyl (C=O) groups is 3. The summed E-state index contributed by atoms with van der Waals surface area (Å²) in [4.78, 5) is 38.5. The molecule has 0 saturated carbocycles. The van der Waals surface area contributed by atoms with Crippen LogP contribution in [0.25, 0.3) is 0 Å². The minimum atomic E-state index is -0.653. The highest BCUT2D eigenvalue weighted by molar-refractivity contribution is 5.77. The number of likely N-dealkylation sites (N-methyl/N-ethyl adjacent to an activating group) is 1. The van der Waals surface area contributed by atoms with E-state index in [1.807, 2.05) is 0 Å². The number of amides is 3. The van der Waals surface area contributed by atoms with Gasteiger partial charge in [-0.05, 0) is 42.9 Å². The quantitative estimate of drug-likeness (QED) is 0.250. The Morgan fingerprint density at radius 2 is 1.82 bits per heavy atom. The predicted molar refractivity (Wildman–Crippen MR) is 131 cm³/mol. The maximum absolute atomic E-state index is 12.3. The number of benzene rings is 1. The second kappa shape index (κ2) is 15.7. The molecule has 3 amide bonds.